The van der Waals surface area contributed by atoms with Crippen LogP contribution < -0.4 is 0 Å². The lowest BCUT2D eigenvalue weighted by Crippen LogP contribution is -2.34. The lowest BCUT2D eigenvalue weighted by atomic mass is 10.1. The number of fused-ring (bicyclic) bond motifs is 1. The fourth-order valence-corrected chi connectivity index (χ4v) is 2.70. The minimum absolute atomic E-state index is 0.129. The molecule has 0 N–H and O–H groups in total. The van der Waals surface area contributed by atoms with Gasteiger partial charge in [-0.2, -0.15) is 21.6 Å². The average molecular weight is 401 g/mol. The molecular weight excluding hydrogens is 389 g/mol. The molecule has 26 heavy (non-hydrogen) atoms. The van der Waals surface area contributed by atoms with Crippen LogP contribution in [-0.4, -0.2) is 49.7 Å². The van der Waals surface area contributed by atoms with E-state index < -0.39 is 59.4 Å². The van der Waals surface area contributed by atoms with Gasteiger partial charge in [0.25, 0.3) is 17.7 Å². The summed E-state index contributed by atoms with van der Waals surface area (Å²) in [6.45, 7) is -2.38. The molecule has 0 radical (unpaired) electrons. The summed E-state index contributed by atoms with van der Waals surface area (Å²) in [5.74, 6) is -5.22. The summed E-state index contributed by atoms with van der Waals surface area (Å²) in [6, 6.07) is 5.86. The van der Waals surface area contributed by atoms with Crippen LogP contribution in [0.4, 0.5) is 22.0 Å². The van der Waals surface area contributed by atoms with Gasteiger partial charge in [-0.25, -0.2) is 8.78 Å². The first-order valence-electron chi connectivity index (χ1n) is 7.14. The SMILES string of the molecule is O=C1c2ccccc2C(=O)N1CCCC(F)(F)COS(=O)(=O)C(F)(F)F. The third kappa shape index (κ3) is 4.18. The molecule has 0 spiro atoms. The minimum atomic E-state index is -6.12. The molecule has 144 valence electrons. The first-order valence-corrected chi connectivity index (χ1v) is 8.55. The maximum absolute atomic E-state index is 13.5. The van der Waals surface area contributed by atoms with Crippen molar-refractivity contribution in [2.75, 3.05) is 13.2 Å². The second kappa shape index (κ2) is 6.91. The fraction of sp³-hybridized carbons (Fsp3) is 0.429. The molecule has 0 saturated heterocycles. The van der Waals surface area contributed by atoms with Crippen LogP contribution in [0.2, 0.25) is 0 Å². The Morgan fingerprint density at radius 1 is 0.962 bits per heavy atom. The largest absolute Gasteiger partial charge is 0.523 e. The van der Waals surface area contributed by atoms with E-state index in [2.05, 4.69) is 4.18 Å². The van der Waals surface area contributed by atoms with Gasteiger partial charge in [0.1, 0.15) is 6.61 Å². The van der Waals surface area contributed by atoms with Crippen LogP contribution in [0.5, 0.6) is 0 Å². The predicted molar refractivity (Wildman–Crippen MR) is 76.9 cm³/mol. The van der Waals surface area contributed by atoms with E-state index in [1.165, 1.54) is 24.3 Å². The highest BCUT2D eigenvalue weighted by Crippen LogP contribution is 2.29. The molecule has 0 atom stereocenters. The normalized spacial score (nSPS) is 15.5. The topological polar surface area (TPSA) is 80.8 Å². The standard InChI is InChI=1S/C14H12F5NO5S/c15-13(16,8-25-26(23,24)14(17,18)19)6-3-7-20-11(21)9-4-1-2-5-10(9)12(20)22/h1-2,4-5H,3,6-8H2. The van der Waals surface area contributed by atoms with Crippen LogP contribution in [0, 0.1) is 0 Å². The van der Waals surface area contributed by atoms with Crippen molar-refractivity contribution in [1.29, 1.82) is 0 Å². The Bertz CT molecular complexity index is 786. The molecule has 1 aliphatic heterocycles. The maximum atomic E-state index is 13.5. The molecule has 1 aliphatic rings. The van der Waals surface area contributed by atoms with Crippen LogP contribution in [0.1, 0.15) is 33.6 Å². The third-order valence-electron chi connectivity index (χ3n) is 3.51. The number of amides is 2. The first kappa shape index (κ1) is 20.2. The van der Waals surface area contributed by atoms with E-state index in [4.69, 9.17) is 0 Å². The van der Waals surface area contributed by atoms with Gasteiger partial charge in [0.2, 0.25) is 0 Å². The second-order valence-electron chi connectivity index (χ2n) is 5.43. The van der Waals surface area contributed by atoms with E-state index in [1.807, 2.05) is 0 Å². The third-order valence-corrected chi connectivity index (χ3v) is 4.51. The average Bonchev–Trinajstić information content (AvgIpc) is 2.77. The number of alkyl halides is 5. The zero-order valence-corrected chi connectivity index (χ0v) is 13.7. The number of imide groups is 1. The van der Waals surface area contributed by atoms with E-state index in [0.29, 0.717) is 0 Å². The molecule has 2 rings (SSSR count). The lowest BCUT2D eigenvalue weighted by Gasteiger charge is -2.19. The van der Waals surface area contributed by atoms with Gasteiger partial charge in [-0.1, -0.05) is 12.1 Å². The molecular formula is C14H12F5NO5S. The van der Waals surface area contributed by atoms with Crippen molar-refractivity contribution in [1.82, 2.24) is 4.90 Å². The highest BCUT2D eigenvalue weighted by atomic mass is 32.2. The highest BCUT2D eigenvalue weighted by Gasteiger charge is 2.49. The molecule has 0 aromatic heterocycles. The summed E-state index contributed by atoms with van der Waals surface area (Å²) >= 11 is 0. The first-order chi connectivity index (χ1) is 11.9. The Morgan fingerprint density at radius 2 is 1.46 bits per heavy atom. The smallest absolute Gasteiger partial charge is 0.274 e. The Labute approximate surface area is 144 Å². The Morgan fingerprint density at radius 3 is 1.92 bits per heavy atom. The summed E-state index contributed by atoms with van der Waals surface area (Å²) in [7, 11) is -6.12. The summed E-state index contributed by atoms with van der Waals surface area (Å²) in [5.41, 5.74) is -5.55. The van der Waals surface area contributed by atoms with Crippen molar-refractivity contribution in [3.8, 4) is 0 Å². The number of carbonyl (C=O) groups excluding carboxylic acids is 2. The zero-order valence-electron chi connectivity index (χ0n) is 12.9. The van der Waals surface area contributed by atoms with E-state index in [1.54, 1.807) is 0 Å². The van der Waals surface area contributed by atoms with Gasteiger partial charge in [0.05, 0.1) is 11.1 Å². The Hall–Kier alpha value is -2.08. The number of carbonyl (C=O) groups is 2. The predicted octanol–water partition coefficient (Wildman–Crippen LogP) is 2.56. The minimum Gasteiger partial charge on any atom is -0.274 e. The molecule has 0 aliphatic carbocycles. The molecule has 0 bridgehead atoms. The number of hydrogen-bond donors (Lipinski definition) is 0. The monoisotopic (exact) mass is 401 g/mol. The van der Waals surface area contributed by atoms with E-state index in [-0.39, 0.29) is 11.1 Å². The lowest BCUT2D eigenvalue weighted by molar-refractivity contribution is -0.0753. The Balaban J connectivity index is 1.90. The van der Waals surface area contributed by atoms with Gasteiger partial charge in [0.15, 0.2) is 0 Å². The van der Waals surface area contributed by atoms with Crippen LogP contribution in [-0.2, 0) is 14.3 Å². The van der Waals surface area contributed by atoms with Crippen molar-refractivity contribution >= 4 is 21.9 Å². The van der Waals surface area contributed by atoms with Gasteiger partial charge >= 0.3 is 15.6 Å². The van der Waals surface area contributed by atoms with Crippen molar-refractivity contribution in [2.45, 2.75) is 24.3 Å². The fourth-order valence-electron chi connectivity index (χ4n) is 2.24. The summed E-state index contributed by atoms with van der Waals surface area (Å²) < 4.78 is 87.7. The molecule has 2 amide bonds. The second-order valence-corrected chi connectivity index (χ2v) is 7.04. The van der Waals surface area contributed by atoms with Gasteiger partial charge in [-0.15, -0.1) is 0 Å². The molecule has 1 heterocycles. The quantitative estimate of drug-likeness (QED) is 0.304. The molecule has 1 aromatic carbocycles. The number of rotatable bonds is 7. The molecule has 1 aromatic rings. The van der Waals surface area contributed by atoms with Gasteiger partial charge in [0, 0.05) is 13.0 Å². The molecule has 0 unspecified atom stereocenters. The maximum Gasteiger partial charge on any atom is 0.523 e. The summed E-state index contributed by atoms with van der Waals surface area (Å²) in [4.78, 5) is 24.8. The number of hydrogen-bond acceptors (Lipinski definition) is 5. The van der Waals surface area contributed by atoms with Crippen molar-refractivity contribution in [3.63, 3.8) is 0 Å². The number of halogens is 5. The van der Waals surface area contributed by atoms with E-state index in [9.17, 15) is 40.0 Å². The highest BCUT2D eigenvalue weighted by molar-refractivity contribution is 7.87. The van der Waals surface area contributed by atoms with Gasteiger partial charge < -0.3 is 0 Å². The Kier molecular flexibility index (Phi) is 5.38. The van der Waals surface area contributed by atoms with Crippen molar-refractivity contribution in [2.24, 2.45) is 0 Å². The van der Waals surface area contributed by atoms with Crippen molar-refractivity contribution in [3.05, 3.63) is 35.4 Å². The van der Waals surface area contributed by atoms with Gasteiger partial charge in [-0.3, -0.25) is 18.7 Å². The summed E-state index contributed by atoms with van der Waals surface area (Å²) in [5, 5.41) is 0. The van der Waals surface area contributed by atoms with Crippen LogP contribution in [0.25, 0.3) is 0 Å². The molecule has 6 nitrogen and oxygen atoms in total. The molecule has 0 fully saturated rings. The van der Waals surface area contributed by atoms with Crippen LogP contribution >= 0.6 is 0 Å². The van der Waals surface area contributed by atoms with Crippen molar-refractivity contribution < 1.29 is 44.1 Å². The molecule has 0 saturated carbocycles. The van der Waals surface area contributed by atoms with Crippen LogP contribution in [0.15, 0.2) is 24.3 Å². The number of benzene rings is 1. The number of nitrogens with zero attached hydrogens (tertiary/aromatic N) is 1. The van der Waals surface area contributed by atoms with E-state index in [0.717, 1.165) is 4.90 Å². The van der Waals surface area contributed by atoms with Crippen LogP contribution in [0.3, 0.4) is 0 Å². The molecule has 12 heteroatoms. The van der Waals surface area contributed by atoms with Gasteiger partial charge in [-0.05, 0) is 18.6 Å². The zero-order chi connectivity index (χ0) is 19.8. The van der Waals surface area contributed by atoms with E-state index >= 15 is 0 Å². The summed E-state index contributed by atoms with van der Waals surface area (Å²) in [6.07, 6.45) is -1.53.